The Hall–Kier alpha value is -0.610. The van der Waals surface area contributed by atoms with Crippen LogP contribution in [-0.4, -0.2) is 37.9 Å². The quantitative estimate of drug-likeness (QED) is 0.442. The SMILES string of the molecule is CCOCCC(C)NC(C)(CC)CC(CC(=O)OC)C1CC1. The predicted molar refractivity (Wildman–Crippen MR) is 89.9 cm³/mol. The van der Waals surface area contributed by atoms with Crippen LogP contribution in [0.15, 0.2) is 0 Å². The van der Waals surface area contributed by atoms with E-state index in [0.29, 0.717) is 24.3 Å². The van der Waals surface area contributed by atoms with Gasteiger partial charge in [-0.05, 0) is 64.7 Å². The van der Waals surface area contributed by atoms with Crippen molar-refractivity contribution in [1.82, 2.24) is 5.32 Å². The number of esters is 1. The van der Waals surface area contributed by atoms with Crippen LogP contribution in [0.4, 0.5) is 0 Å². The molecule has 0 bridgehead atoms. The smallest absolute Gasteiger partial charge is 0.305 e. The van der Waals surface area contributed by atoms with E-state index in [1.165, 1.54) is 20.0 Å². The first kappa shape index (κ1) is 19.4. The van der Waals surface area contributed by atoms with Gasteiger partial charge >= 0.3 is 5.97 Å². The molecule has 130 valence electrons. The zero-order valence-corrected chi connectivity index (χ0v) is 15.1. The summed E-state index contributed by atoms with van der Waals surface area (Å²) in [6, 6.07) is 0.425. The van der Waals surface area contributed by atoms with E-state index < -0.39 is 0 Å². The molecule has 1 aliphatic carbocycles. The van der Waals surface area contributed by atoms with Crippen LogP contribution in [0.5, 0.6) is 0 Å². The van der Waals surface area contributed by atoms with Crippen molar-refractivity contribution in [2.45, 2.75) is 77.8 Å². The Morgan fingerprint density at radius 1 is 1.36 bits per heavy atom. The fourth-order valence-electron chi connectivity index (χ4n) is 3.23. The summed E-state index contributed by atoms with van der Waals surface area (Å²) in [6.07, 6.45) is 6.22. The monoisotopic (exact) mass is 313 g/mol. The molecule has 1 saturated carbocycles. The van der Waals surface area contributed by atoms with Crippen LogP contribution >= 0.6 is 0 Å². The van der Waals surface area contributed by atoms with Gasteiger partial charge in [0, 0.05) is 31.2 Å². The molecular formula is C18H35NO3. The summed E-state index contributed by atoms with van der Waals surface area (Å²) in [5, 5.41) is 3.77. The summed E-state index contributed by atoms with van der Waals surface area (Å²) < 4.78 is 10.3. The molecule has 0 aromatic carbocycles. The Bertz CT molecular complexity index is 330. The van der Waals surface area contributed by atoms with Crippen molar-refractivity contribution in [3.05, 3.63) is 0 Å². The van der Waals surface area contributed by atoms with Gasteiger partial charge in [-0.25, -0.2) is 0 Å². The highest BCUT2D eigenvalue weighted by molar-refractivity contribution is 5.69. The van der Waals surface area contributed by atoms with Crippen molar-refractivity contribution in [2.75, 3.05) is 20.3 Å². The third kappa shape index (κ3) is 7.10. The van der Waals surface area contributed by atoms with Crippen LogP contribution < -0.4 is 5.32 Å². The van der Waals surface area contributed by atoms with Crippen molar-refractivity contribution < 1.29 is 14.3 Å². The fraction of sp³-hybridized carbons (Fsp3) is 0.944. The molecule has 22 heavy (non-hydrogen) atoms. The largest absolute Gasteiger partial charge is 0.469 e. The summed E-state index contributed by atoms with van der Waals surface area (Å²) in [5.74, 6) is 1.09. The van der Waals surface area contributed by atoms with Crippen LogP contribution in [0.25, 0.3) is 0 Å². The topological polar surface area (TPSA) is 47.6 Å². The molecule has 3 atom stereocenters. The molecule has 0 aromatic rings. The minimum absolute atomic E-state index is 0.0697. The zero-order valence-electron chi connectivity index (χ0n) is 15.1. The maximum absolute atomic E-state index is 11.7. The maximum Gasteiger partial charge on any atom is 0.305 e. The second-order valence-corrected chi connectivity index (χ2v) is 7.03. The third-order valence-corrected chi connectivity index (χ3v) is 4.93. The molecule has 1 N–H and O–H groups in total. The van der Waals surface area contributed by atoms with Crippen LogP contribution in [0.2, 0.25) is 0 Å². The molecule has 3 unspecified atom stereocenters. The van der Waals surface area contributed by atoms with Crippen LogP contribution in [0, 0.1) is 11.8 Å². The van der Waals surface area contributed by atoms with Gasteiger partial charge in [0.2, 0.25) is 0 Å². The number of nitrogens with one attached hydrogen (secondary N) is 1. The molecule has 4 heteroatoms. The highest BCUT2D eigenvalue weighted by Gasteiger charge is 2.37. The molecule has 0 radical (unpaired) electrons. The van der Waals surface area contributed by atoms with E-state index >= 15 is 0 Å². The molecule has 0 spiro atoms. The number of rotatable bonds is 12. The summed E-state index contributed by atoms with van der Waals surface area (Å²) in [4.78, 5) is 11.7. The Balaban J connectivity index is 2.52. The van der Waals surface area contributed by atoms with Gasteiger partial charge < -0.3 is 14.8 Å². The van der Waals surface area contributed by atoms with Gasteiger partial charge in [0.05, 0.1) is 7.11 Å². The molecule has 1 rings (SSSR count). The summed E-state index contributed by atoms with van der Waals surface area (Å²) in [7, 11) is 1.49. The van der Waals surface area contributed by atoms with E-state index in [4.69, 9.17) is 9.47 Å². The Labute approximate surface area is 136 Å². The summed E-state index contributed by atoms with van der Waals surface area (Å²) in [6.45, 7) is 10.3. The fourth-order valence-corrected chi connectivity index (χ4v) is 3.23. The highest BCUT2D eigenvalue weighted by Crippen LogP contribution is 2.43. The molecule has 0 aromatic heterocycles. The van der Waals surface area contributed by atoms with Crippen molar-refractivity contribution in [2.24, 2.45) is 11.8 Å². The van der Waals surface area contributed by atoms with Crippen LogP contribution in [-0.2, 0) is 14.3 Å². The third-order valence-electron chi connectivity index (χ3n) is 4.93. The number of carbonyl (C=O) groups is 1. The second-order valence-electron chi connectivity index (χ2n) is 7.03. The number of hydrogen-bond acceptors (Lipinski definition) is 4. The Morgan fingerprint density at radius 2 is 2.05 bits per heavy atom. The molecule has 1 aliphatic rings. The molecule has 4 nitrogen and oxygen atoms in total. The van der Waals surface area contributed by atoms with Gasteiger partial charge in [-0.1, -0.05) is 6.92 Å². The standard InChI is InChI=1S/C18H35NO3/c1-6-18(4,19-14(3)10-11-22-7-2)13-16(15-8-9-15)12-17(20)21-5/h14-16,19H,6-13H2,1-5H3. The number of methoxy groups -OCH3 is 1. The molecular weight excluding hydrogens is 278 g/mol. The van der Waals surface area contributed by atoms with E-state index in [9.17, 15) is 4.79 Å². The first-order valence-electron chi connectivity index (χ1n) is 8.86. The van der Waals surface area contributed by atoms with Crippen LogP contribution in [0.1, 0.15) is 66.2 Å². The first-order chi connectivity index (χ1) is 10.4. The second kappa shape index (κ2) is 9.51. The number of hydrogen-bond donors (Lipinski definition) is 1. The van der Waals surface area contributed by atoms with Gasteiger partial charge in [-0.2, -0.15) is 0 Å². The van der Waals surface area contributed by atoms with E-state index in [2.05, 4.69) is 26.1 Å². The highest BCUT2D eigenvalue weighted by atomic mass is 16.5. The van der Waals surface area contributed by atoms with E-state index in [1.807, 2.05) is 6.92 Å². The molecule has 0 amide bonds. The number of ether oxygens (including phenoxy) is 2. The van der Waals surface area contributed by atoms with Crippen molar-refractivity contribution >= 4 is 5.97 Å². The van der Waals surface area contributed by atoms with Gasteiger partial charge in [0.1, 0.15) is 0 Å². The minimum Gasteiger partial charge on any atom is -0.469 e. The average molecular weight is 313 g/mol. The lowest BCUT2D eigenvalue weighted by Crippen LogP contribution is -2.48. The maximum atomic E-state index is 11.7. The van der Waals surface area contributed by atoms with Crippen molar-refractivity contribution in [3.8, 4) is 0 Å². The van der Waals surface area contributed by atoms with Gasteiger partial charge in [-0.3, -0.25) is 4.79 Å². The van der Waals surface area contributed by atoms with E-state index in [0.717, 1.165) is 32.5 Å². The lowest BCUT2D eigenvalue weighted by molar-refractivity contribution is -0.142. The summed E-state index contributed by atoms with van der Waals surface area (Å²) >= 11 is 0. The van der Waals surface area contributed by atoms with Gasteiger partial charge in [0.15, 0.2) is 0 Å². The average Bonchev–Trinajstić information content (AvgIpc) is 3.31. The minimum atomic E-state index is -0.0697. The molecule has 0 aliphatic heterocycles. The van der Waals surface area contributed by atoms with E-state index in [1.54, 1.807) is 0 Å². The zero-order chi connectivity index (χ0) is 16.6. The normalized spacial score (nSPS) is 20.2. The van der Waals surface area contributed by atoms with E-state index in [-0.39, 0.29) is 11.5 Å². The number of carbonyl (C=O) groups excluding carboxylic acids is 1. The van der Waals surface area contributed by atoms with Crippen LogP contribution in [0.3, 0.4) is 0 Å². The van der Waals surface area contributed by atoms with Crippen molar-refractivity contribution in [3.63, 3.8) is 0 Å². The van der Waals surface area contributed by atoms with Gasteiger partial charge in [0.25, 0.3) is 0 Å². The Kier molecular flexibility index (Phi) is 8.40. The Morgan fingerprint density at radius 3 is 2.55 bits per heavy atom. The first-order valence-corrected chi connectivity index (χ1v) is 8.86. The summed E-state index contributed by atoms with van der Waals surface area (Å²) in [5.41, 5.74) is 0.0763. The van der Waals surface area contributed by atoms with Gasteiger partial charge in [-0.15, -0.1) is 0 Å². The predicted octanol–water partition coefficient (Wildman–Crippen LogP) is 3.54. The lowest BCUT2D eigenvalue weighted by atomic mass is 9.82. The molecule has 1 fully saturated rings. The molecule has 0 saturated heterocycles. The van der Waals surface area contributed by atoms with Crippen molar-refractivity contribution in [1.29, 1.82) is 0 Å². The molecule has 0 heterocycles. The lowest BCUT2D eigenvalue weighted by Gasteiger charge is -2.36.